The number of ether oxygens (including phenoxy) is 1. The van der Waals surface area contributed by atoms with Crippen molar-refractivity contribution in [2.24, 2.45) is 5.92 Å². The minimum absolute atomic E-state index is 0.102. The Kier molecular flexibility index (Phi) is 6.10. The van der Waals surface area contributed by atoms with Crippen LogP contribution in [0, 0.1) is 5.92 Å². The van der Waals surface area contributed by atoms with Gasteiger partial charge in [-0.05, 0) is 56.2 Å². The molecule has 132 valence electrons. The minimum Gasteiger partial charge on any atom is -0.481 e. The fraction of sp³-hybridized carbons (Fsp3) is 0.409. The predicted molar refractivity (Wildman–Crippen MR) is 101 cm³/mol. The topological polar surface area (TPSA) is 29.5 Å². The number of hydrogen-bond donors (Lipinski definition) is 0. The van der Waals surface area contributed by atoms with Crippen LogP contribution in [0.4, 0.5) is 0 Å². The molecule has 2 aromatic rings. The van der Waals surface area contributed by atoms with Gasteiger partial charge >= 0.3 is 0 Å². The first-order valence-corrected chi connectivity index (χ1v) is 9.27. The van der Waals surface area contributed by atoms with E-state index in [1.165, 1.54) is 12.0 Å². The Morgan fingerprint density at radius 2 is 1.64 bits per heavy atom. The maximum atomic E-state index is 12.6. The molecule has 0 aliphatic carbocycles. The Balaban J connectivity index is 1.42. The third-order valence-electron chi connectivity index (χ3n) is 5.01. The van der Waals surface area contributed by atoms with Crippen molar-refractivity contribution in [2.45, 2.75) is 38.7 Å². The number of carbonyl (C=O) groups excluding carboxylic acids is 1. The van der Waals surface area contributed by atoms with Crippen molar-refractivity contribution >= 4 is 5.91 Å². The Labute approximate surface area is 150 Å². The number of para-hydroxylation sites is 1. The van der Waals surface area contributed by atoms with Crippen LogP contribution in [0.5, 0.6) is 5.75 Å². The van der Waals surface area contributed by atoms with Gasteiger partial charge in [0.2, 0.25) is 0 Å². The molecule has 1 aliphatic heterocycles. The van der Waals surface area contributed by atoms with Gasteiger partial charge in [0.25, 0.3) is 5.91 Å². The lowest BCUT2D eigenvalue weighted by molar-refractivity contribution is -0.139. The first kappa shape index (κ1) is 17.5. The molecular formula is C22H27NO2. The molecule has 0 saturated carbocycles. The molecule has 1 aliphatic rings. The quantitative estimate of drug-likeness (QED) is 0.785. The van der Waals surface area contributed by atoms with Crippen LogP contribution >= 0.6 is 0 Å². The van der Waals surface area contributed by atoms with Crippen LogP contribution in [0.2, 0.25) is 0 Å². The summed E-state index contributed by atoms with van der Waals surface area (Å²) >= 11 is 0. The van der Waals surface area contributed by atoms with E-state index in [9.17, 15) is 4.79 Å². The van der Waals surface area contributed by atoms with Gasteiger partial charge < -0.3 is 9.64 Å². The Hall–Kier alpha value is -2.29. The molecule has 1 amide bonds. The molecule has 0 aromatic heterocycles. The van der Waals surface area contributed by atoms with Crippen molar-refractivity contribution in [3.05, 3.63) is 66.2 Å². The molecule has 0 spiro atoms. The summed E-state index contributed by atoms with van der Waals surface area (Å²) in [6, 6.07) is 20.2. The average molecular weight is 337 g/mol. The molecule has 1 atom stereocenters. The zero-order chi connectivity index (χ0) is 17.5. The van der Waals surface area contributed by atoms with E-state index in [1.807, 2.05) is 42.2 Å². The van der Waals surface area contributed by atoms with Crippen LogP contribution < -0.4 is 4.74 Å². The van der Waals surface area contributed by atoms with Crippen LogP contribution in [-0.2, 0) is 11.2 Å². The normalized spacial score (nSPS) is 16.4. The van der Waals surface area contributed by atoms with E-state index in [0.29, 0.717) is 0 Å². The Morgan fingerprint density at radius 3 is 2.28 bits per heavy atom. The van der Waals surface area contributed by atoms with Gasteiger partial charge in [0.1, 0.15) is 5.75 Å². The number of hydrogen-bond acceptors (Lipinski definition) is 2. The summed E-state index contributed by atoms with van der Waals surface area (Å²) in [5.41, 5.74) is 1.41. The van der Waals surface area contributed by atoms with Gasteiger partial charge in [0.05, 0.1) is 0 Å². The van der Waals surface area contributed by atoms with Gasteiger partial charge in [-0.3, -0.25) is 4.79 Å². The van der Waals surface area contributed by atoms with E-state index in [1.54, 1.807) is 0 Å². The second-order valence-electron chi connectivity index (χ2n) is 6.87. The van der Waals surface area contributed by atoms with Crippen LogP contribution in [0.25, 0.3) is 0 Å². The highest BCUT2D eigenvalue weighted by molar-refractivity contribution is 5.81. The molecule has 25 heavy (non-hydrogen) atoms. The smallest absolute Gasteiger partial charge is 0.263 e. The van der Waals surface area contributed by atoms with Gasteiger partial charge in [0.15, 0.2) is 6.10 Å². The molecule has 1 saturated heterocycles. The molecule has 3 nitrogen and oxygen atoms in total. The zero-order valence-corrected chi connectivity index (χ0v) is 14.9. The molecule has 0 bridgehead atoms. The third kappa shape index (κ3) is 5.09. The highest BCUT2D eigenvalue weighted by Gasteiger charge is 2.26. The van der Waals surface area contributed by atoms with E-state index >= 15 is 0 Å². The van der Waals surface area contributed by atoms with Crippen molar-refractivity contribution in [1.29, 1.82) is 0 Å². The lowest BCUT2D eigenvalue weighted by Gasteiger charge is -2.33. The van der Waals surface area contributed by atoms with Crippen molar-refractivity contribution in [3.8, 4) is 5.75 Å². The van der Waals surface area contributed by atoms with E-state index in [2.05, 4.69) is 30.3 Å². The summed E-state index contributed by atoms with van der Waals surface area (Å²) < 4.78 is 5.77. The third-order valence-corrected chi connectivity index (χ3v) is 5.01. The number of benzene rings is 2. The van der Waals surface area contributed by atoms with Gasteiger partial charge in [-0.25, -0.2) is 0 Å². The van der Waals surface area contributed by atoms with Gasteiger partial charge in [-0.1, -0.05) is 48.5 Å². The van der Waals surface area contributed by atoms with E-state index < -0.39 is 6.10 Å². The van der Waals surface area contributed by atoms with Gasteiger partial charge in [0, 0.05) is 13.1 Å². The van der Waals surface area contributed by atoms with Crippen LogP contribution in [0.1, 0.15) is 31.7 Å². The predicted octanol–water partition coefficient (Wildman–Crippen LogP) is 4.33. The molecule has 3 heteroatoms. The van der Waals surface area contributed by atoms with E-state index in [0.717, 1.165) is 44.0 Å². The number of amides is 1. The maximum absolute atomic E-state index is 12.6. The summed E-state index contributed by atoms with van der Waals surface area (Å²) in [7, 11) is 0. The number of likely N-dealkylation sites (tertiary alicyclic amines) is 1. The molecule has 0 unspecified atom stereocenters. The number of nitrogens with zero attached hydrogens (tertiary/aromatic N) is 1. The van der Waals surface area contributed by atoms with Crippen molar-refractivity contribution in [2.75, 3.05) is 13.1 Å². The second kappa shape index (κ2) is 8.70. The summed E-state index contributed by atoms with van der Waals surface area (Å²) in [5.74, 6) is 1.57. The van der Waals surface area contributed by atoms with Crippen LogP contribution in [0.15, 0.2) is 60.7 Å². The first-order chi connectivity index (χ1) is 12.2. The molecule has 2 aromatic carbocycles. The zero-order valence-electron chi connectivity index (χ0n) is 14.9. The fourth-order valence-corrected chi connectivity index (χ4v) is 3.47. The number of piperidine rings is 1. The number of carbonyl (C=O) groups is 1. The van der Waals surface area contributed by atoms with Crippen molar-refractivity contribution in [3.63, 3.8) is 0 Å². The van der Waals surface area contributed by atoms with Crippen LogP contribution in [0.3, 0.4) is 0 Å². The monoisotopic (exact) mass is 337 g/mol. The number of aryl methyl sites for hydroxylation is 1. The van der Waals surface area contributed by atoms with Crippen molar-refractivity contribution < 1.29 is 9.53 Å². The van der Waals surface area contributed by atoms with Crippen molar-refractivity contribution in [1.82, 2.24) is 4.90 Å². The highest BCUT2D eigenvalue weighted by atomic mass is 16.5. The maximum Gasteiger partial charge on any atom is 0.263 e. The van der Waals surface area contributed by atoms with Gasteiger partial charge in [-0.2, -0.15) is 0 Å². The highest BCUT2D eigenvalue weighted by Crippen LogP contribution is 2.23. The number of rotatable bonds is 6. The van der Waals surface area contributed by atoms with E-state index in [4.69, 9.17) is 4.74 Å². The average Bonchev–Trinajstić information content (AvgIpc) is 2.68. The lowest BCUT2D eigenvalue weighted by Crippen LogP contribution is -2.44. The Bertz CT molecular complexity index is 648. The standard InChI is InChI=1S/C22H27NO2/c1-18(25-21-10-6-3-7-11-21)22(24)23-16-14-20(15-17-23)13-12-19-8-4-2-5-9-19/h2-11,18,20H,12-17H2,1H3/t18-/m1/s1. The molecule has 3 rings (SSSR count). The molecule has 1 heterocycles. The summed E-state index contributed by atoms with van der Waals surface area (Å²) in [4.78, 5) is 14.6. The van der Waals surface area contributed by atoms with E-state index in [-0.39, 0.29) is 5.91 Å². The summed E-state index contributed by atoms with van der Waals surface area (Å²) in [6.45, 7) is 3.54. The molecule has 1 fully saturated rings. The molecule has 0 N–H and O–H groups in total. The van der Waals surface area contributed by atoms with Crippen LogP contribution in [-0.4, -0.2) is 30.0 Å². The van der Waals surface area contributed by atoms with Gasteiger partial charge in [-0.15, -0.1) is 0 Å². The molecular weight excluding hydrogens is 310 g/mol. The molecule has 0 radical (unpaired) electrons. The minimum atomic E-state index is -0.428. The Morgan fingerprint density at radius 1 is 1.04 bits per heavy atom. The largest absolute Gasteiger partial charge is 0.481 e. The second-order valence-corrected chi connectivity index (χ2v) is 6.87. The fourth-order valence-electron chi connectivity index (χ4n) is 3.47. The SMILES string of the molecule is C[C@@H](Oc1ccccc1)C(=O)N1CCC(CCc2ccccc2)CC1. The first-order valence-electron chi connectivity index (χ1n) is 9.27. The summed E-state index contributed by atoms with van der Waals surface area (Å²) in [6.07, 6.45) is 4.10. The summed E-state index contributed by atoms with van der Waals surface area (Å²) in [5, 5.41) is 0. The lowest BCUT2D eigenvalue weighted by atomic mass is 9.90.